The van der Waals surface area contributed by atoms with E-state index in [1.54, 1.807) is 0 Å². The summed E-state index contributed by atoms with van der Waals surface area (Å²) in [6, 6.07) is 9.33. The summed E-state index contributed by atoms with van der Waals surface area (Å²) in [5.74, 6) is 1.13. The van der Waals surface area contributed by atoms with Crippen LogP contribution in [-0.4, -0.2) is 48.5 Å². The highest BCUT2D eigenvalue weighted by molar-refractivity contribution is 5.93. The van der Waals surface area contributed by atoms with Gasteiger partial charge in [0, 0.05) is 31.9 Å². The Bertz CT molecular complexity index is 532. The van der Waals surface area contributed by atoms with Crippen LogP contribution in [0.5, 0.6) is 0 Å². The molecule has 21 heavy (non-hydrogen) atoms. The Morgan fingerprint density at radius 2 is 2.10 bits per heavy atom. The summed E-state index contributed by atoms with van der Waals surface area (Å²) in [4.78, 5) is 9.35. The number of likely N-dealkylation sites (N-methyl/N-ethyl adjacent to an activating group) is 1. The Kier molecular flexibility index (Phi) is 4.25. The molecule has 1 aromatic carbocycles. The molecular weight excluding hydrogens is 260 g/mol. The lowest BCUT2D eigenvalue weighted by molar-refractivity contribution is 0.370. The van der Waals surface area contributed by atoms with Gasteiger partial charge in [-0.2, -0.15) is 0 Å². The first kappa shape index (κ1) is 14.1. The number of aliphatic imine (C=N–C) groups is 1. The molecule has 4 nitrogen and oxygen atoms in total. The zero-order valence-corrected chi connectivity index (χ0v) is 12.9. The molecule has 0 aliphatic carbocycles. The number of likely N-dealkylation sites (tertiary alicyclic amines) is 1. The van der Waals surface area contributed by atoms with Crippen LogP contribution in [0.25, 0.3) is 0 Å². The van der Waals surface area contributed by atoms with Crippen molar-refractivity contribution in [1.29, 1.82) is 0 Å². The number of aryl methyl sites for hydroxylation is 1. The number of amidine groups is 1. The maximum Gasteiger partial charge on any atom is 0.127 e. The van der Waals surface area contributed by atoms with Gasteiger partial charge < -0.3 is 15.1 Å². The summed E-state index contributed by atoms with van der Waals surface area (Å²) < 4.78 is 0. The monoisotopic (exact) mass is 284 g/mol. The van der Waals surface area contributed by atoms with Gasteiger partial charge in [0.25, 0.3) is 0 Å². The Morgan fingerprint density at radius 1 is 1.29 bits per heavy atom. The number of hydrogen-bond acceptors (Lipinski definition) is 4. The third-order valence-corrected chi connectivity index (χ3v) is 4.28. The molecule has 1 atom stereocenters. The largest absolute Gasteiger partial charge is 0.355 e. The van der Waals surface area contributed by atoms with Crippen molar-refractivity contribution < 1.29 is 0 Å². The first-order valence-electron chi connectivity index (χ1n) is 7.69. The Balaban J connectivity index is 1.55. The molecule has 1 N–H and O–H groups in total. The van der Waals surface area contributed by atoms with E-state index in [0.717, 1.165) is 32.1 Å². The van der Waals surface area contributed by atoms with Crippen molar-refractivity contribution in [3.05, 3.63) is 47.7 Å². The van der Waals surface area contributed by atoms with Gasteiger partial charge in [-0.1, -0.05) is 29.8 Å². The van der Waals surface area contributed by atoms with E-state index in [1.165, 1.54) is 17.5 Å². The molecule has 0 saturated carbocycles. The Hall–Kier alpha value is -1.81. The van der Waals surface area contributed by atoms with E-state index >= 15 is 0 Å². The predicted octanol–water partition coefficient (Wildman–Crippen LogP) is 1.97. The molecule has 112 valence electrons. The minimum atomic E-state index is 0.603. The number of nitrogens with one attached hydrogen (secondary N) is 1. The van der Waals surface area contributed by atoms with Crippen molar-refractivity contribution >= 4 is 5.84 Å². The van der Waals surface area contributed by atoms with Gasteiger partial charge in [0.05, 0.1) is 0 Å². The van der Waals surface area contributed by atoms with Crippen LogP contribution in [0.2, 0.25) is 0 Å². The average Bonchev–Trinajstić information content (AvgIpc) is 2.99. The molecule has 4 heteroatoms. The fourth-order valence-electron chi connectivity index (χ4n) is 2.88. The van der Waals surface area contributed by atoms with Crippen LogP contribution >= 0.6 is 0 Å². The minimum Gasteiger partial charge on any atom is -0.355 e. The normalized spacial score (nSPS) is 21.8. The molecule has 0 aromatic heterocycles. The highest BCUT2D eigenvalue weighted by Crippen LogP contribution is 2.14. The molecule has 0 amide bonds. The molecule has 0 bridgehead atoms. The SMILES string of the molecule is CN[C@@H]1CCN(C2=NCN(Cc3ccc(C)cc3)C=C2)C1. The summed E-state index contributed by atoms with van der Waals surface area (Å²) in [7, 11) is 2.04. The topological polar surface area (TPSA) is 30.9 Å². The smallest absolute Gasteiger partial charge is 0.127 e. The van der Waals surface area contributed by atoms with Gasteiger partial charge in [-0.25, -0.2) is 4.99 Å². The van der Waals surface area contributed by atoms with Crippen molar-refractivity contribution in [3.63, 3.8) is 0 Å². The maximum atomic E-state index is 4.73. The molecule has 1 saturated heterocycles. The summed E-state index contributed by atoms with van der Waals surface area (Å²) in [5.41, 5.74) is 2.64. The second-order valence-corrected chi connectivity index (χ2v) is 5.93. The number of rotatable bonds is 3. The number of benzene rings is 1. The summed E-state index contributed by atoms with van der Waals surface area (Å²) in [6.07, 6.45) is 5.53. The van der Waals surface area contributed by atoms with E-state index in [1.807, 2.05) is 7.05 Å². The molecular formula is C17H24N4. The summed E-state index contributed by atoms with van der Waals surface area (Å²) in [6.45, 7) is 5.97. The molecule has 0 radical (unpaired) electrons. The van der Waals surface area contributed by atoms with Gasteiger partial charge in [0.15, 0.2) is 0 Å². The molecule has 1 aromatic rings. The zero-order valence-electron chi connectivity index (χ0n) is 12.9. The lowest BCUT2D eigenvalue weighted by atomic mass is 10.1. The molecule has 0 unspecified atom stereocenters. The van der Waals surface area contributed by atoms with Crippen molar-refractivity contribution in [2.24, 2.45) is 4.99 Å². The van der Waals surface area contributed by atoms with Crippen LogP contribution in [0.3, 0.4) is 0 Å². The fourth-order valence-corrected chi connectivity index (χ4v) is 2.88. The molecule has 2 aliphatic rings. The third-order valence-electron chi connectivity index (χ3n) is 4.28. The van der Waals surface area contributed by atoms with Gasteiger partial charge in [-0.05, 0) is 32.0 Å². The zero-order chi connectivity index (χ0) is 14.7. The molecule has 3 rings (SSSR count). The van der Waals surface area contributed by atoms with E-state index in [2.05, 4.69) is 58.6 Å². The van der Waals surface area contributed by atoms with E-state index in [9.17, 15) is 0 Å². The number of hydrogen-bond donors (Lipinski definition) is 1. The van der Waals surface area contributed by atoms with E-state index < -0.39 is 0 Å². The van der Waals surface area contributed by atoms with Crippen LogP contribution in [0.1, 0.15) is 17.5 Å². The lowest BCUT2D eigenvalue weighted by Crippen LogP contribution is -2.35. The quantitative estimate of drug-likeness (QED) is 0.921. The van der Waals surface area contributed by atoms with Crippen LogP contribution in [0.15, 0.2) is 41.5 Å². The van der Waals surface area contributed by atoms with Crippen molar-refractivity contribution in [3.8, 4) is 0 Å². The van der Waals surface area contributed by atoms with Gasteiger partial charge >= 0.3 is 0 Å². The van der Waals surface area contributed by atoms with Crippen LogP contribution < -0.4 is 5.32 Å². The van der Waals surface area contributed by atoms with Crippen molar-refractivity contribution in [1.82, 2.24) is 15.1 Å². The Morgan fingerprint density at radius 3 is 2.71 bits per heavy atom. The number of nitrogens with zero attached hydrogens (tertiary/aromatic N) is 3. The minimum absolute atomic E-state index is 0.603. The highest BCUT2D eigenvalue weighted by atomic mass is 15.3. The summed E-state index contributed by atoms with van der Waals surface area (Å²) >= 11 is 0. The highest BCUT2D eigenvalue weighted by Gasteiger charge is 2.23. The molecule has 2 aliphatic heterocycles. The van der Waals surface area contributed by atoms with E-state index in [0.29, 0.717) is 6.04 Å². The first-order chi connectivity index (χ1) is 10.2. The maximum absolute atomic E-state index is 4.73. The molecule has 2 heterocycles. The van der Waals surface area contributed by atoms with Crippen LogP contribution in [-0.2, 0) is 6.54 Å². The fraction of sp³-hybridized carbons (Fsp3) is 0.471. The molecule has 0 spiro atoms. The summed E-state index contributed by atoms with van der Waals surface area (Å²) in [5, 5.41) is 3.35. The van der Waals surface area contributed by atoms with Crippen LogP contribution in [0, 0.1) is 6.92 Å². The standard InChI is InChI=1S/C17H24N4/c1-14-3-5-15(6-4-14)11-20-9-8-17(19-13-20)21-10-7-16(12-21)18-2/h3-6,8-9,16,18H,7,10-13H2,1-2H3/t16-/m1/s1. The lowest BCUT2D eigenvalue weighted by Gasteiger charge is -2.26. The van der Waals surface area contributed by atoms with Crippen molar-refractivity contribution in [2.75, 3.05) is 26.8 Å². The van der Waals surface area contributed by atoms with E-state index in [-0.39, 0.29) is 0 Å². The van der Waals surface area contributed by atoms with Crippen molar-refractivity contribution in [2.45, 2.75) is 25.9 Å². The second kappa shape index (κ2) is 6.31. The first-order valence-corrected chi connectivity index (χ1v) is 7.69. The van der Waals surface area contributed by atoms with Crippen LogP contribution in [0.4, 0.5) is 0 Å². The van der Waals surface area contributed by atoms with Gasteiger partial charge in [-0.15, -0.1) is 0 Å². The van der Waals surface area contributed by atoms with Gasteiger partial charge in [-0.3, -0.25) is 0 Å². The third kappa shape index (κ3) is 3.45. The van der Waals surface area contributed by atoms with Gasteiger partial charge in [0.2, 0.25) is 0 Å². The predicted molar refractivity (Wildman–Crippen MR) is 87.2 cm³/mol. The van der Waals surface area contributed by atoms with E-state index in [4.69, 9.17) is 4.99 Å². The molecule has 1 fully saturated rings. The average molecular weight is 284 g/mol. The second-order valence-electron chi connectivity index (χ2n) is 5.93. The van der Waals surface area contributed by atoms with Gasteiger partial charge in [0.1, 0.15) is 12.5 Å². The Labute approximate surface area is 127 Å².